The Morgan fingerprint density at radius 2 is 2.08 bits per heavy atom. The van der Waals surface area contributed by atoms with Crippen LogP contribution in [0.25, 0.3) is 0 Å². The van der Waals surface area contributed by atoms with E-state index in [0.29, 0.717) is 24.3 Å². The van der Waals surface area contributed by atoms with Gasteiger partial charge < -0.3 is 14.7 Å². The molecule has 1 N–H and O–H groups in total. The van der Waals surface area contributed by atoms with Crippen molar-refractivity contribution in [1.29, 1.82) is 0 Å². The van der Waals surface area contributed by atoms with Crippen molar-refractivity contribution in [2.45, 2.75) is 32.9 Å². The molecule has 6 heteroatoms. The predicted octanol–water partition coefficient (Wildman–Crippen LogP) is 3.65. The van der Waals surface area contributed by atoms with Crippen molar-refractivity contribution >= 4 is 23.2 Å². The molecule has 2 rings (SSSR count). The van der Waals surface area contributed by atoms with Crippen molar-refractivity contribution in [3.05, 3.63) is 52.2 Å². The quantitative estimate of drug-likeness (QED) is 0.791. The fourth-order valence-corrected chi connectivity index (χ4v) is 2.84. The highest BCUT2D eigenvalue weighted by atomic mass is 32.1. The number of carbonyl (C=O) groups is 2. The highest BCUT2D eigenvalue weighted by molar-refractivity contribution is 7.09. The van der Waals surface area contributed by atoms with E-state index in [2.05, 4.69) is 0 Å². The first-order chi connectivity index (χ1) is 11.5. The van der Waals surface area contributed by atoms with Gasteiger partial charge in [0.25, 0.3) is 5.91 Å². The molecule has 0 bridgehead atoms. The van der Waals surface area contributed by atoms with Gasteiger partial charge in [-0.3, -0.25) is 9.59 Å². The molecule has 5 nitrogen and oxygen atoms in total. The van der Waals surface area contributed by atoms with Crippen LogP contribution in [0.15, 0.2) is 41.8 Å². The normalized spacial score (nSPS) is 11.8. The first-order valence-electron chi connectivity index (χ1n) is 7.79. The molecule has 2 aromatic rings. The lowest BCUT2D eigenvalue weighted by Gasteiger charge is -2.27. The summed E-state index contributed by atoms with van der Waals surface area (Å²) in [4.78, 5) is 26.2. The van der Waals surface area contributed by atoms with E-state index in [1.807, 2.05) is 31.4 Å². The third-order valence-electron chi connectivity index (χ3n) is 3.73. The molecule has 1 unspecified atom stereocenters. The summed E-state index contributed by atoms with van der Waals surface area (Å²) >= 11 is 1.61. The van der Waals surface area contributed by atoms with E-state index in [-0.39, 0.29) is 18.5 Å². The lowest BCUT2D eigenvalue weighted by Crippen LogP contribution is -2.41. The number of hydrogen-bond acceptors (Lipinski definition) is 4. The summed E-state index contributed by atoms with van der Waals surface area (Å²) in [6.07, 6.45) is 0.688. The van der Waals surface area contributed by atoms with E-state index in [4.69, 9.17) is 9.84 Å². The van der Waals surface area contributed by atoms with Gasteiger partial charge >= 0.3 is 5.97 Å². The Morgan fingerprint density at radius 1 is 1.29 bits per heavy atom. The van der Waals surface area contributed by atoms with E-state index < -0.39 is 5.97 Å². The maximum absolute atomic E-state index is 12.7. The largest absolute Gasteiger partial charge is 0.488 e. The molecule has 0 aliphatic rings. The number of nitrogens with zero attached hydrogens (tertiary/aromatic N) is 1. The molecule has 0 aliphatic heterocycles. The second kappa shape index (κ2) is 8.49. The topological polar surface area (TPSA) is 66.8 Å². The lowest BCUT2D eigenvalue weighted by molar-refractivity contribution is -0.138. The van der Waals surface area contributed by atoms with E-state index in [1.54, 1.807) is 35.6 Å². The number of amides is 1. The maximum Gasteiger partial charge on any atom is 0.323 e. The summed E-state index contributed by atoms with van der Waals surface area (Å²) in [5.74, 6) is -0.726. The molecule has 1 aromatic heterocycles. The Hall–Kier alpha value is -2.34. The maximum atomic E-state index is 12.7. The number of carboxylic acid groups (broad SMARTS) is 1. The first-order valence-corrected chi connectivity index (χ1v) is 8.67. The second-order valence-electron chi connectivity index (χ2n) is 5.48. The highest BCUT2D eigenvalue weighted by Gasteiger charge is 2.23. The second-order valence-corrected chi connectivity index (χ2v) is 6.51. The van der Waals surface area contributed by atoms with Crippen LogP contribution in [0.4, 0.5) is 0 Å². The first kappa shape index (κ1) is 18.0. The number of rotatable bonds is 8. The van der Waals surface area contributed by atoms with Crippen molar-refractivity contribution in [2.24, 2.45) is 0 Å². The predicted molar refractivity (Wildman–Crippen MR) is 93.5 cm³/mol. The zero-order valence-electron chi connectivity index (χ0n) is 13.8. The summed E-state index contributed by atoms with van der Waals surface area (Å²) < 4.78 is 5.71. The molecule has 0 saturated heterocycles. The molecule has 1 amide bonds. The van der Waals surface area contributed by atoms with Gasteiger partial charge in [-0.15, -0.1) is 11.3 Å². The fraction of sp³-hybridized carbons (Fsp3) is 0.333. The zero-order valence-corrected chi connectivity index (χ0v) is 14.6. The monoisotopic (exact) mass is 347 g/mol. The molecule has 0 spiro atoms. The van der Waals surface area contributed by atoms with Crippen LogP contribution in [-0.4, -0.2) is 34.5 Å². The van der Waals surface area contributed by atoms with Crippen molar-refractivity contribution in [3.8, 4) is 5.75 Å². The van der Waals surface area contributed by atoms with Crippen molar-refractivity contribution < 1.29 is 19.4 Å². The fourth-order valence-electron chi connectivity index (χ4n) is 2.23. The van der Waals surface area contributed by atoms with Crippen LogP contribution in [0.5, 0.6) is 5.75 Å². The van der Waals surface area contributed by atoms with Crippen LogP contribution >= 0.6 is 11.3 Å². The van der Waals surface area contributed by atoms with E-state index >= 15 is 0 Å². The van der Waals surface area contributed by atoms with Gasteiger partial charge in [-0.25, -0.2) is 0 Å². The van der Waals surface area contributed by atoms with Crippen LogP contribution in [0.3, 0.4) is 0 Å². The minimum absolute atomic E-state index is 0.149. The van der Waals surface area contributed by atoms with Crippen molar-refractivity contribution in [2.75, 3.05) is 6.54 Å². The van der Waals surface area contributed by atoms with Crippen LogP contribution in [0, 0.1) is 0 Å². The van der Waals surface area contributed by atoms with Gasteiger partial charge in [-0.2, -0.15) is 0 Å². The minimum atomic E-state index is -1.02. The minimum Gasteiger partial charge on any atom is -0.488 e. The SMILES string of the molecule is CCC(C)N(CC(=O)O)C(=O)c1cccc(OCc2cccs2)c1. The number of aliphatic carboxylic acids is 1. The lowest BCUT2D eigenvalue weighted by atomic mass is 10.1. The molecule has 1 aromatic carbocycles. The van der Waals surface area contributed by atoms with Gasteiger partial charge in [0, 0.05) is 16.5 Å². The number of carbonyl (C=O) groups excluding carboxylic acids is 1. The third-order valence-corrected chi connectivity index (χ3v) is 4.58. The van der Waals surface area contributed by atoms with Gasteiger partial charge in [0.2, 0.25) is 0 Å². The van der Waals surface area contributed by atoms with Crippen LogP contribution < -0.4 is 4.74 Å². The summed E-state index contributed by atoms with van der Waals surface area (Å²) in [5.41, 5.74) is 0.431. The number of thiophene rings is 1. The van der Waals surface area contributed by atoms with Crippen molar-refractivity contribution in [1.82, 2.24) is 4.90 Å². The highest BCUT2D eigenvalue weighted by Crippen LogP contribution is 2.19. The Morgan fingerprint density at radius 3 is 2.71 bits per heavy atom. The smallest absolute Gasteiger partial charge is 0.323 e. The molecule has 24 heavy (non-hydrogen) atoms. The number of ether oxygens (including phenoxy) is 1. The molecular weight excluding hydrogens is 326 g/mol. The number of hydrogen-bond donors (Lipinski definition) is 1. The summed E-state index contributed by atoms with van der Waals surface area (Å²) in [5, 5.41) is 11.0. The van der Waals surface area contributed by atoms with Crippen molar-refractivity contribution in [3.63, 3.8) is 0 Å². The average molecular weight is 347 g/mol. The van der Waals surface area contributed by atoms with E-state index in [9.17, 15) is 9.59 Å². The van der Waals surface area contributed by atoms with Gasteiger partial charge in [0.1, 0.15) is 18.9 Å². The number of benzene rings is 1. The third kappa shape index (κ3) is 4.83. The Kier molecular flexibility index (Phi) is 6.37. The van der Waals surface area contributed by atoms with Crippen LogP contribution in [0.1, 0.15) is 35.5 Å². The molecule has 0 radical (unpaired) electrons. The molecular formula is C18H21NO4S. The molecule has 0 fully saturated rings. The van der Waals surface area contributed by atoms with Crippen LogP contribution in [-0.2, 0) is 11.4 Å². The average Bonchev–Trinajstić information content (AvgIpc) is 3.10. The number of carboxylic acids is 1. The molecule has 128 valence electrons. The Bertz CT molecular complexity index is 684. The summed E-state index contributed by atoms with van der Waals surface area (Å²) in [7, 11) is 0. The molecule has 0 aliphatic carbocycles. The Balaban J connectivity index is 2.12. The molecule has 1 heterocycles. The standard InChI is InChI=1S/C18H21NO4S/c1-3-13(2)19(11-17(20)21)18(22)14-6-4-7-15(10-14)23-12-16-8-5-9-24-16/h4-10,13H,3,11-12H2,1-2H3,(H,20,21). The van der Waals surface area contributed by atoms with E-state index in [1.165, 1.54) is 4.90 Å². The van der Waals surface area contributed by atoms with Gasteiger partial charge in [-0.1, -0.05) is 19.1 Å². The Labute approximate surface area is 145 Å². The molecule has 1 atom stereocenters. The summed E-state index contributed by atoms with van der Waals surface area (Å²) in [6.45, 7) is 3.90. The summed E-state index contributed by atoms with van der Waals surface area (Å²) in [6, 6.07) is 10.7. The molecule has 0 saturated carbocycles. The zero-order chi connectivity index (χ0) is 17.5. The van der Waals surface area contributed by atoms with Gasteiger partial charge in [0.15, 0.2) is 0 Å². The van der Waals surface area contributed by atoms with Gasteiger partial charge in [0.05, 0.1) is 0 Å². The van der Waals surface area contributed by atoms with Crippen LogP contribution in [0.2, 0.25) is 0 Å². The van der Waals surface area contributed by atoms with E-state index in [0.717, 1.165) is 4.88 Å². The van der Waals surface area contributed by atoms with Gasteiger partial charge in [-0.05, 0) is 43.0 Å².